The van der Waals surface area contributed by atoms with Crippen LogP contribution in [0.4, 0.5) is 5.69 Å². The maximum Gasteiger partial charge on any atom is 0.255 e. The first-order valence-corrected chi connectivity index (χ1v) is 7.07. The van der Waals surface area contributed by atoms with Gasteiger partial charge in [-0.2, -0.15) is 0 Å². The van der Waals surface area contributed by atoms with Crippen LogP contribution in [0.25, 0.3) is 0 Å². The number of amides is 1. The Morgan fingerprint density at radius 2 is 2.00 bits per heavy atom. The summed E-state index contributed by atoms with van der Waals surface area (Å²) in [7, 11) is 1.91. The third kappa shape index (κ3) is 3.06. The second-order valence-electron chi connectivity index (χ2n) is 5.10. The highest BCUT2D eigenvalue weighted by atomic mass is 16.5. The molecule has 1 heterocycles. The fourth-order valence-corrected chi connectivity index (χ4v) is 2.44. The van der Waals surface area contributed by atoms with Crippen LogP contribution in [0.15, 0.2) is 42.5 Å². The summed E-state index contributed by atoms with van der Waals surface area (Å²) in [6.45, 7) is 1.52. The van der Waals surface area contributed by atoms with Gasteiger partial charge in [-0.3, -0.25) is 4.79 Å². The molecule has 0 saturated carbocycles. The van der Waals surface area contributed by atoms with Gasteiger partial charge >= 0.3 is 0 Å². The first-order chi connectivity index (χ1) is 10.3. The number of hydrogen-bond donors (Lipinski definition) is 2. The fourth-order valence-electron chi connectivity index (χ4n) is 2.44. The predicted molar refractivity (Wildman–Crippen MR) is 82.8 cm³/mol. The van der Waals surface area contributed by atoms with Gasteiger partial charge < -0.3 is 15.4 Å². The van der Waals surface area contributed by atoms with Gasteiger partial charge in [-0.25, -0.2) is 0 Å². The lowest BCUT2D eigenvalue weighted by molar-refractivity contribution is 0.102. The third-order valence-electron chi connectivity index (χ3n) is 3.54. The number of rotatable bonds is 4. The molecule has 0 spiro atoms. The molecule has 1 aliphatic rings. The van der Waals surface area contributed by atoms with Crippen molar-refractivity contribution in [2.75, 3.05) is 19.0 Å². The van der Waals surface area contributed by atoms with Gasteiger partial charge in [-0.1, -0.05) is 12.1 Å². The van der Waals surface area contributed by atoms with Gasteiger partial charge in [0.05, 0.1) is 6.61 Å². The van der Waals surface area contributed by atoms with Crippen molar-refractivity contribution in [3.63, 3.8) is 0 Å². The Morgan fingerprint density at radius 3 is 2.76 bits per heavy atom. The summed E-state index contributed by atoms with van der Waals surface area (Å²) >= 11 is 0. The summed E-state index contributed by atoms with van der Waals surface area (Å²) in [5.41, 5.74) is 3.76. The lowest BCUT2D eigenvalue weighted by Crippen LogP contribution is -2.12. The molecule has 108 valence electrons. The molecule has 0 bridgehead atoms. The van der Waals surface area contributed by atoms with Gasteiger partial charge in [0, 0.05) is 24.2 Å². The second kappa shape index (κ2) is 5.97. The number of carbonyl (C=O) groups is 1. The molecule has 0 unspecified atom stereocenters. The van der Waals surface area contributed by atoms with Crippen molar-refractivity contribution < 1.29 is 9.53 Å². The van der Waals surface area contributed by atoms with Crippen molar-refractivity contribution in [1.29, 1.82) is 0 Å². The lowest BCUT2D eigenvalue weighted by atomic mass is 10.1. The number of carbonyl (C=O) groups excluding carboxylic acids is 1. The average Bonchev–Trinajstić information content (AvgIpc) is 2.97. The first-order valence-electron chi connectivity index (χ1n) is 7.07. The highest BCUT2D eigenvalue weighted by molar-refractivity contribution is 6.04. The molecular weight excluding hydrogens is 264 g/mol. The van der Waals surface area contributed by atoms with E-state index in [1.807, 2.05) is 43.4 Å². The van der Waals surface area contributed by atoms with Crippen LogP contribution in [0, 0.1) is 0 Å². The Bertz CT molecular complexity index is 650. The number of fused-ring (bicyclic) bond motifs is 1. The van der Waals surface area contributed by atoms with E-state index >= 15 is 0 Å². The number of ether oxygens (including phenoxy) is 1. The van der Waals surface area contributed by atoms with E-state index in [0.717, 1.165) is 30.0 Å². The van der Waals surface area contributed by atoms with Crippen LogP contribution in [-0.2, 0) is 13.0 Å². The van der Waals surface area contributed by atoms with Crippen molar-refractivity contribution in [2.24, 2.45) is 0 Å². The van der Waals surface area contributed by atoms with Crippen molar-refractivity contribution in [3.8, 4) is 5.75 Å². The Kier molecular flexibility index (Phi) is 3.88. The van der Waals surface area contributed by atoms with Gasteiger partial charge in [0.25, 0.3) is 5.91 Å². The fraction of sp³-hybridized carbons (Fsp3) is 0.235. The predicted octanol–water partition coefficient (Wildman–Crippen LogP) is 2.59. The van der Waals surface area contributed by atoms with Crippen molar-refractivity contribution in [3.05, 3.63) is 59.2 Å². The van der Waals surface area contributed by atoms with E-state index in [2.05, 4.69) is 10.6 Å². The van der Waals surface area contributed by atoms with Crippen molar-refractivity contribution >= 4 is 11.6 Å². The summed E-state index contributed by atoms with van der Waals surface area (Å²) in [6.07, 6.45) is 0.870. The van der Waals surface area contributed by atoms with E-state index in [9.17, 15) is 4.79 Å². The quantitative estimate of drug-likeness (QED) is 0.906. The molecule has 2 N–H and O–H groups in total. The second-order valence-corrected chi connectivity index (χ2v) is 5.10. The molecule has 4 heteroatoms. The van der Waals surface area contributed by atoms with Crippen LogP contribution in [0.2, 0.25) is 0 Å². The molecule has 0 aliphatic carbocycles. The van der Waals surface area contributed by atoms with E-state index < -0.39 is 0 Å². The Balaban J connectivity index is 1.71. The summed E-state index contributed by atoms with van der Waals surface area (Å²) in [5.74, 6) is 0.800. The zero-order valence-electron chi connectivity index (χ0n) is 12.0. The van der Waals surface area contributed by atoms with Gasteiger partial charge in [0.1, 0.15) is 5.75 Å². The minimum absolute atomic E-state index is 0.0916. The summed E-state index contributed by atoms with van der Waals surface area (Å²) in [4.78, 5) is 12.3. The molecule has 2 aromatic rings. The lowest BCUT2D eigenvalue weighted by Gasteiger charge is -2.07. The van der Waals surface area contributed by atoms with Crippen LogP contribution >= 0.6 is 0 Å². The summed E-state index contributed by atoms with van der Waals surface area (Å²) in [5, 5.41) is 6.01. The molecule has 4 nitrogen and oxygen atoms in total. The molecule has 21 heavy (non-hydrogen) atoms. The SMILES string of the molecule is CNCc1ccc(NC(=O)c2ccc3c(c2)CCO3)cc1. The molecule has 1 aliphatic heterocycles. The van der Waals surface area contributed by atoms with Crippen LogP contribution in [0.3, 0.4) is 0 Å². The van der Waals surface area contributed by atoms with Gasteiger partial charge in [0.15, 0.2) is 0 Å². The summed E-state index contributed by atoms with van der Waals surface area (Å²) in [6, 6.07) is 13.4. The van der Waals surface area contributed by atoms with Gasteiger partial charge in [-0.15, -0.1) is 0 Å². The van der Waals surface area contributed by atoms with E-state index in [0.29, 0.717) is 12.2 Å². The zero-order valence-corrected chi connectivity index (χ0v) is 12.0. The number of benzene rings is 2. The molecule has 0 aromatic heterocycles. The normalized spacial score (nSPS) is 12.6. The monoisotopic (exact) mass is 282 g/mol. The summed E-state index contributed by atoms with van der Waals surface area (Å²) < 4.78 is 5.45. The van der Waals surface area contributed by atoms with E-state index in [1.54, 1.807) is 6.07 Å². The van der Waals surface area contributed by atoms with Gasteiger partial charge in [0.2, 0.25) is 0 Å². The molecule has 0 fully saturated rings. The highest BCUT2D eigenvalue weighted by Gasteiger charge is 2.15. The van der Waals surface area contributed by atoms with E-state index in [-0.39, 0.29) is 5.91 Å². The standard InChI is InChI=1S/C17H18N2O2/c1-18-11-12-2-5-15(6-3-12)19-17(20)14-4-7-16-13(10-14)8-9-21-16/h2-7,10,18H,8-9,11H2,1H3,(H,19,20). The molecule has 3 rings (SSSR count). The maximum absolute atomic E-state index is 12.3. The molecule has 0 atom stereocenters. The Hall–Kier alpha value is -2.33. The molecule has 0 radical (unpaired) electrons. The van der Waals surface area contributed by atoms with E-state index in [4.69, 9.17) is 4.74 Å². The number of nitrogens with one attached hydrogen (secondary N) is 2. The molecule has 1 amide bonds. The minimum Gasteiger partial charge on any atom is -0.493 e. The van der Waals surface area contributed by atoms with Crippen LogP contribution in [0.5, 0.6) is 5.75 Å². The number of hydrogen-bond acceptors (Lipinski definition) is 3. The largest absolute Gasteiger partial charge is 0.493 e. The van der Waals surface area contributed by atoms with Crippen LogP contribution < -0.4 is 15.4 Å². The Labute approximate surface area is 124 Å². The van der Waals surface area contributed by atoms with Crippen molar-refractivity contribution in [1.82, 2.24) is 5.32 Å². The first kappa shape index (κ1) is 13.6. The Morgan fingerprint density at radius 1 is 1.19 bits per heavy atom. The van der Waals surface area contributed by atoms with E-state index in [1.165, 1.54) is 5.56 Å². The minimum atomic E-state index is -0.0916. The van der Waals surface area contributed by atoms with Crippen LogP contribution in [-0.4, -0.2) is 19.6 Å². The van der Waals surface area contributed by atoms with Crippen molar-refractivity contribution in [2.45, 2.75) is 13.0 Å². The molecule has 0 saturated heterocycles. The smallest absolute Gasteiger partial charge is 0.255 e. The molecule has 2 aromatic carbocycles. The average molecular weight is 282 g/mol. The third-order valence-corrected chi connectivity index (χ3v) is 3.54. The maximum atomic E-state index is 12.3. The van der Waals surface area contributed by atoms with Crippen LogP contribution in [0.1, 0.15) is 21.5 Å². The van der Waals surface area contributed by atoms with Gasteiger partial charge in [-0.05, 0) is 48.5 Å². The highest BCUT2D eigenvalue weighted by Crippen LogP contribution is 2.26. The number of anilines is 1. The molecular formula is C17H18N2O2. The zero-order chi connectivity index (χ0) is 14.7. The topological polar surface area (TPSA) is 50.4 Å².